The Labute approximate surface area is 142 Å². The fourth-order valence-electron chi connectivity index (χ4n) is 2.65. The van der Waals surface area contributed by atoms with E-state index in [4.69, 9.17) is 11.6 Å². The molecule has 126 valence electrons. The van der Waals surface area contributed by atoms with E-state index in [0.29, 0.717) is 30.2 Å². The lowest BCUT2D eigenvalue weighted by atomic mass is 10.0. The number of likely N-dealkylation sites (tertiary alicyclic amines) is 1. The number of carbonyl (C=O) groups excluding carboxylic acids is 2. The molecular formula is C17H24ClN3O2. The van der Waals surface area contributed by atoms with Gasteiger partial charge >= 0.3 is 6.03 Å². The van der Waals surface area contributed by atoms with Gasteiger partial charge in [-0.3, -0.25) is 4.79 Å². The van der Waals surface area contributed by atoms with E-state index >= 15 is 0 Å². The summed E-state index contributed by atoms with van der Waals surface area (Å²) >= 11 is 5.81. The molecule has 0 radical (unpaired) electrons. The molecule has 0 saturated carbocycles. The Morgan fingerprint density at radius 2 is 1.87 bits per heavy atom. The van der Waals surface area contributed by atoms with Gasteiger partial charge in [0.15, 0.2) is 0 Å². The summed E-state index contributed by atoms with van der Waals surface area (Å²) < 4.78 is 0. The quantitative estimate of drug-likeness (QED) is 0.861. The molecule has 5 nitrogen and oxygen atoms in total. The minimum Gasteiger partial charge on any atom is -0.343 e. The lowest BCUT2D eigenvalue weighted by Gasteiger charge is -2.32. The molecule has 3 amide bonds. The Balaban J connectivity index is 1.72. The Morgan fingerprint density at radius 3 is 2.48 bits per heavy atom. The fourth-order valence-corrected chi connectivity index (χ4v) is 2.77. The molecule has 6 heteroatoms. The molecule has 23 heavy (non-hydrogen) atoms. The molecule has 2 rings (SSSR count). The topological polar surface area (TPSA) is 61.4 Å². The van der Waals surface area contributed by atoms with Gasteiger partial charge in [0.05, 0.1) is 0 Å². The summed E-state index contributed by atoms with van der Waals surface area (Å²) in [6, 6.07) is 6.88. The van der Waals surface area contributed by atoms with E-state index in [0.717, 1.165) is 25.7 Å². The second-order valence-electron chi connectivity index (χ2n) is 5.86. The number of nitrogens with one attached hydrogen (secondary N) is 2. The van der Waals surface area contributed by atoms with Crippen molar-refractivity contribution in [1.82, 2.24) is 10.2 Å². The minimum atomic E-state index is -0.219. The Morgan fingerprint density at radius 1 is 1.22 bits per heavy atom. The van der Waals surface area contributed by atoms with E-state index in [-0.39, 0.29) is 18.0 Å². The van der Waals surface area contributed by atoms with Crippen molar-refractivity contribution in [3.63, 3.8) is 0 Å². The summed E-state index contributed by atoms with van der Waals surface area (Å²) in [5, 5.41) is 6.39. The Bertz CT molecular complexity index is 525. The van der Waals surface area contributed by atoms with Gasteiger partial charge in [0.25, 0.3) is 0 Å². The third-order valence-electron chi connectivity index (χ3n) is 4.03. The zero-order chi connectivity index (χ0) is 16.7. The molecule has 1 heterocycles. The third kappa shape index (κ3) is 5.75. The first kappa shape index (κ1) is 17.6. The van der Waals surface area contributed by atoms with Crippen LogP contribution >= 0.6 is 11.6 Å². The van der Waals surface area contributed by atoms with Crippen LogP contribution in [0, 0.1) is 0 Å². The number of urea groups is 1. The molecule has 1 aromatic carbocycles. The van der Waals surface area contributed by atoms with Crippen LogP contribution in [-0.4, -0.2) is 36.0 Å². The number of benzene rings is 1. The average Bonchev–Trinajstić information content (AvgIpc) is 2.55. The van der Waals surface area contributed by atoms with E-state index in [1.54, 1.807) is 24.3 Å². The standard InChI is InChI=1S/C17H24ClN3O2/c1-2-3-4-16(22)21-11-9-15(10-12-21)20-17(23)19-14-7-5-13(18)6-8-14/h5-8,15H,2-4,9-12H2,1H3,(H2,19,20,23). The van der Waals surface area contributed by atoms with Crippen molar-refractivity contribution >= 4 is 29.2 Å². The zero-order valence-electron chi connectivity index (χ0n) is 13.5. The van der Waals surface area contributed by atoms with Crippen molar-refractivity contribution < 1.29 is 9.59 Å². The number of hydrogen-bond donors (Lipinski definition) is 2. The number of rotatable bonds is 5. The Hall–Kier alpha value is -1.75. The van der Waals surface area contributed by atoms with E-state index in [1.165, 1.54) is 0 Å². The van der Waals surface area contributed by atoms with Gasteiger partial charge in [0.2, 0.25) is 5.91 Å². The van der Waals surface area contributed by atoms with E-state index in [2.05, 4.69) is 17.6 Å². The first-order valence-corrected chi connectivity index (χ1v) is 8.57. The molecule has 2 N–H and O–H groups in total. The van der Waals surface area contributed by atoms with E-state index < -0.39 is 0 Å². The van der Waals surface area contributed by atoms with Gasteiger partial charge in [0.1, 0.15) is 0 Å². The summed E-state index contributed by atoms with van der Waals surface area (Å²) in [6.45, 7) is 3.52. The van der Waals surface area contributed by atoms with Crippen LogP contribution in [0.3, 0.4) is 0 Å². The van der Waals surface area contributed by atoms with Crippen LogP contribution in [0.25, 0.3) is 0 Å². The number of anilines is 1. The minimum absolute atomic E-state index is 0.109. The van der Waals surface area contributed by atoms with Gasteiger partial charge in [-0.25, -0.2) is 4.79 Å². The van der Waals surface area contributed by atoms with Gasteiger partial charge in [-0.15, -0.1) is 0 Å². The van der Waals surface area contributed by atoms with Crippen molar-refractivity contribution in [3.05, 3.63) is 29.3 Å². The summed E-state index contributed by atoms with van der Waals surface area (Å²) in [6.07, 6.45) is 4.21. The monoisotopic (exact) mass is 337 g/mol. The van der Waals surface area contributed by atoms with Crippen molar-refractivity contribution in [1.29, 1.82) is 0 Å². The normalized spacial score (nSPS) is 15.3. The van der Waals surface area contributed by atoms with Crippen molar-refractivity contribution in [2.24, 2.45) is 0 Å². The van der Waals surface area contributed by atoms with Crippen LogP contribution in [0.4, 0.5) is 10.5 Å². The number of halogens is 1. The molecule has 0 spiro atoms. The van der Waals surface area contributed by atoms with Crippen molar-refractivity contribution in [2.45, 2.75) is 45.1 Å². The van der Waals surface area contributed by atoms with Gasteiger partial charge in [-0.2, -0.15) is 0 Å². The smallest absolute Gasteiger partial charge is 0.319 e. The molecule has 1 aromatic rings. The molecule has 0 bridgehead atoms. The SMILES string of the molecule is CCCCC(=O)N1CCC(NC(=O)Nc2ccc(Cl)cc2)CC1. The maximum absolute atomic E-state index is 12.0. The summed E-state index contributed by atoms with van der Waals surface area (Å²) in [5.74, 6) is 0.232. The highest BCUT2D eigenvalue weighted by Crippen LogP contribution is 2.15. The lowest BCUT2D eigenvalue weighted by molar-refractivity contribution is -0.132. The summed E-state index contributed by atoms with van der Waals surface area (Å²) in [5.41, 5.74) is 0.707. The predicted molar refractivity (Wildman–Crippen MR) is 92.7 cm³/mol. The number of carbonyl (C=O) groups is 2. The van der Waals surface area contributed by atoms with Crippen LogP contribution in [0.1, 0.15) is 39.0 Å². The molecule has 1 aliphatic rings. The first-order valence-electron chi connectivity index (χ1n) is 8.19. The number of unbranched alkanes of at least 4 members (excludes halogenated alkanes) is 1. The van der Waals surface area contributed by atoms with E-state index in [1.807, 2.05) is 4.90 Å². The highest BCUT2D eigenvalue weighted by atomic mass is 35.5. The highest BCUT2D eigenvalue weighted by molar-refractivity contribution is 6.30. The van der Waals surface area contributed by atoms with Crippen LogP contribution in [0.15, 0.2) is 24.3 Å². The number of amides is 3. The largest absolute Gasteiger partial charge is 0.343 e. The van der Waals surface area contributed by atoms with Crippen molar-refractivity contribution in [3.8, 4) is 0 Å². The summed E-state index contributed by atoms with van der Waals surface area (Å²) in [4.78, 5) is 25.9. The molecule has 0 aliphatic carbocycles. The predicted octanol–water partition coefficient (Wildman–Crippen LogP) is 3.64. The highest BCUT2D eigenvalue weighted by Gasteiger charge is 2.23. The third-order valence-corrected chi connectivity index (χ3v) is 4.28. The molecule has 0 aromatic heterocycles. The number of nitrogens with zero attached hydrogens (tertiary/aromatic N) is 1. The van der Waals surface area contributed by atoms with Gasteiger partial charge in [0, 0.05) is 36.3 Å². The molecule has 0 atom stereocenters. The zero-order valence-corrected chi connectivity index (χ0v) is 14.2. The fraction of sp³-hybridized carbons (Fsp3) is 0.529. The average molecular weight is 338 g/mol. The molecular weight excluding hydrogens is 314 g/mol. The number of piperidine rings is 1. The first-order chi connectivity index (χ1) is 11.1. The van der Waals surface area contributed by atoms with Gasteiger partial charge < -0.3 is 15.5 Å². The maximum Gasteiger partial charge on any atom is 0.319 e. The maximum atomic E-state index is 12.0. The van der Waals surface area contributed by atoms with Crippen LogP contribution in [0.2, 0.25) is 5.02 Å². The summed E-state index contributed by atoms with van der Waals surface area (Å²) in [7, 11) is 0. The second kappa shape index (κ2) is 8.77. The molecule has 1 fully saturated rings. The number of hydrogen-bond acceptors (Lipinski definition) is 2. The van der Waals surface area contributed by atoms with Gasteiger partial charge in [-0.1, -0.05) is 24.9 Å². The van der Waals surface area contributed by atoms with E-state index in [9.17, 15) is 9.59 Å². The van der Waals surface area contributed by atoms with Crippen LogP contribution in [0.5, 0.6) is 0 Å². The second-order valence-corrected chi connectivity index (χ2v) is 6.30. The molecule has 1 saturated heterocycles. The Kier molecular flexibility index (Phi) is 6.71. The van der Waals surface area contributed by atoms with Gasteiger partial charge in [-0.05, 0) is 43.5 Å². The van der Waals surface area contributed by atoms with Crippen molar-refractivity contribution in [2.75, 3.05) is 18.4 Å². The van der Waals surface area contributed by atoms with Crippen LogP contribution in [-0.2, 0) is 4.79 Å². The molecule has 0 unspecified atom stereocenters. The van der Waals surface area contributed by atoms with Crippen LogP contribution < -0.4 is 10.6 Å². The molecule has 1 aliphatic heterocycles. The lowest BCUT2D eigenvalue weighted by Crippen LogP contribution is -2.47.